The Morgan fingerprint density at radius 1 is 1.35 bits per heavy atom. The zero-order valence-electron chi connectivity index (χ0n) is 17.6. The average molecular weight is 370 g/mol. The van der Waals surface area contributed by atoms with E-state index in [0.717, 1.165) is 32.7 Å². The van der Waals surface area contributed by atoms with Gasteiger partial charge in [-0.2, -0.15) is 0 Å². The van der Waals surface area contributed by atoms with Gasteiger partial charge in [-0.05, 0) is 37.8 Å². The highest BCUT2D eigenvalue weighted by Gasteiger charge is 2.23. The predicted molar refractivity (Wildman–Crippen MR) is 108 cm³/mol. The Balaban J connectivity index is 2.63. The molecule has 1 atom stereocenters. The summed E-state index contributed by atoms with van der Waals surface area (Å²) in [5, 5.41) is 6.86. The van der Waals surface area contributed by atoms with E-state index in [9.17, 15) is 4.79 Å². The van der Waals surface area contributed by atoms with Gasteiger partial charge in [0.05, 0.1) is 0 Å². The molecule has 1 amide bonds. The number of likely N-dealkylation sites (tertiary alicyclic amines) is 1. The second kappa shape index (κ2) is 11.4. The fourth-order valence-electron chi connectivity index (χ4n) is 3.01. The molecule has 0 aliphatic carbocycles. The minimum absolute atomic E-state index is 0.000735. The van der Waals surface area contributed by atoms with Crippen molar-refractivity contribution >= 4 is 11.9 Å². The highest BCUT2D eigenvalue weighted by atomic mass is 16.5. The van der Waals surface area contributed by atoms with Gasteiger partial charge in [-0.15, -0.1) is 0 Å². The lowest BCUT2D eigenvalue weighted by Crippen LogP contribution is -2.47. The van der Waals surface area contributed by atoms with Crippen LogP contribution in [0.25, 0.3) is 0 Å². The number of carbonyl (C=O) groups excluding carboxylic acids is 1. The molecule has 0 bridgehead atoms. The third kappa shape index (κ3) is 8.36. The molecule has 0 radical (unpaired) electrons. The van der Waals surface area contributed by atoms with Crippen LogP contribution in [0.15, 0.2) is 4.99 Å². The van der Waals surface area contributed by atoms with Crippen molar-refractivity contribution in [2.45, 2.75) is 46.1 Å². The molecule has 0 aromatic rings. The average Bonchev–Trinajstić information content (AvgIpc) is 3.06. The number of rotatable bonds is 10. The maximum Gasteiger partial charge on any atom is 0.243 e. The summed E-state index contributed by atoms with van der Waals surface area (Å²) in [6.07, 6.45) is 3.43. The van der Waals surface area contributed by atoms with Crippen LogP contribution in [0.3, 0.4) is 0 Å². The molecule has 1 unspecified atom stereocenters. The number of aliphatic imine (C=N–C) groups is 1. The van der Waals surface area contributed by atoms with E-state index < -0.39 is 0 Å². The van der Waals surface area contributed by atoms with Crippen LogP contribution in [0.1, 0.15) is 40.0 Å². The van der Waals surface area contributed by atoms with Crippen LogP contribution >= 0.6 is 0 Å². The van der Waals surface area contributed by atoms with Crippen molar-refractivity contribution in [3.8, 4) is 0 Å². The molecule has 0 aromatic carbocycles. The Morgan fingerprint density at radius 2 is 2.08 bits per heavy atom. The quantitative estimate of drug-likeness (QED) is 0.447. The van der Waals surface area contributed by atoms with Gasteiger partial charge < -0.3 is 20.3 Å². The number of hydrogen-bond donors (Lipinski definition) is 2. The molecule has 2 N–H and O–H groups in total. The van der Waals surface area contributed by atoms with E-state index in [4.69, 9.17) is 4.74 Å². The third-order valence-electron chi connectivity index (χ3n) is 5.00. The second-order valence-electron chi connectivity index (χ2n) is 8.02. The monoisotopic (exact) mass is 369 g/mol. The Kier molecular flexibility index (Phi) is 9.94. The summed E-state index contributed by atoms with van der Waals surface area (Å²) in [7, 11) is 5.24. The fraction of sp³-hybridized carbons (Fsp3) is 0.895. The van der Waals surface area contributed by atoms with Gasteiger partial charge in [-0.3, -0.25) is 9.69 Å². The normalized spacial score (nSPS) is 18.8. The number of nitrogens with zero attached hydrogens (tertiary/aromatic N) is 3. The number of likely N-dealkylation sites (N-methyl/N-ethyl adjacent to an activating group) is 2. The minimum atomic E-state index is 0.000735. The molecule has 1 aliphatic heterocycles. The van der Waals surface area contributed by atoms with E-state index in [-0.39, 0.29) is 17.9 Å². The smallest absolute Gasteiger partial charge is 0.243 e. The first kappa shape index (κ1) is 22.7. The Hall–Kier alpha value is -1.34. The summed E-state index contributed by atoms with van der Waals surface area (Å²) < 4.78 is 5.20. The van der Waals surface area contributed by atoms with E-state index in [1.54, 1.807) is 26.1 Å². The molecule has 26 heavy (non-hydrogen) atoms. The lowest BCUT2D eigenvalue weighted by Gasteiger charge is -2.27. The molecule has 152 valence electrons. The van der Waals surface area contributed by atoms with Crippen molar-refractivity contribution in [3.63, 3.8) is 0 Å². The van der Waals surface area contributed by atoms with Crippen molar-refractivity contribution in [3.05, 3.63) is 0 Å². The molecule has 7 nitrogen and oxygen atoms in total. The number of nitrogens with one attached hydrogen (secondary N) is 2. The van der Waals surface area contributed by atoms with Gasteiger partial charge in [0.2, 0.25) is 5.91 Å². The molecule has 1 heterocycles. The van der Waals surface area contributed by atoms with Crippen LogP contribution in [-0.4, -0.2) is 88.2 Å². The molecule has 1 aliphatic rings. The molecule has 1 fully saturated rings. The topological polar surface area (TPSA) is 69.2 Å². The fourth-order valence-corrected chi connectivity index (χ4v) is 3.01. The van der Waals surface area contributed by atoms with Crippen molar-refractivity contribution in [2.75, 3.05) is 60.5 Å². The van der Waals surface area contributed by atoms with Crippen molar-refractivity contribution < 1.29 is 9.53 Å². The standard InChI is InChI=1S/C19H39N5O2/c1-7-24-11-8-9-16(24)13-20-18(21-14-17(25)23(4)5)22-15-19(2,3)10-12-26-6/h16H,7-15H2,1-6H3,(H2,20,21,22). The Morgan fingerprint density at radius 3 is 2.69 bits per heavy atom. The van der Waals surface area contributed by atoms with Gasteiger partial charge in [0.1, 0.15) is 6.54 Å². The van der Waals surface area contributed by atoms with Crippen LogP contribution < -0.4 is 10.6 Å². The first-order valence-corrected chi connectivity index (χ1v) is 9.74. The number of ether oxygens (including phenoxy) is 1. The highest BCUT2D eigenvalue weighted by molar-refractivity contribution is 5.84. The summed E-state index contributed by atoms with van der Waals surface area (Å²) >= 11 is 0. The van der Waals surface area contributed by atoms with E-state index in [1.807, 2.05) is 0 Å². The molecule has 0 saturated carbocycles. The van der Waals surface area contributed by atoms with Gasteiger partial charge in [0, 0.05) is 46.9 Å². The van der Waals surface area contributed by atoms with Crippen LogP contribution in [-0.2, 0) is 9.53 Å². The number of amides is 1. The molecular weight excluding hydrogens is 330 g/mol. The first-order valence-electron chi connectivity index (χ1n) is 9.74. The lowest BCUT2D eigenvalue weighted by molar-refractivity contribution is -0.127. The van der Waals surface area contributed by atoms with Gasteiger partial charge in [0.25, 0.3) is 0 Å². The van der Waals surface area contributed by atoms with E-state index in [2.05, 4.69) is 41.3 Å². The maximum absolute atomic E-state index is 11.9. The number of guanidine groups is 1. The van der Waals surface area contributed by atoms with Gasteiger partial charge >= 0.3 is 0 Å². The predicted octanol–water partition coefficient (Wildman–Crippen LogP) is 1.16. The van der Waals surface area contributed by atoms with Crippen LogP contribution in [0.2, 0.25) is 0 Å². The lowest BCUT2D eigenvalue weighted by atomic mass is 9.90. The zero-order valence-corrected chi connectivity index (χ0v) is 17.6. The van der Waals surface area contributed by atoms with Gasteiger partial charge in [0.15, 0.2) is 5.96 Å². The minimum Gasteiger partial charge on any atom is -0.385 e. The summed E-state index contributed by atoms with van der Waals surface area (Å²) in [5.41, 5.74) is 0.0901. The highest BCUT2D eigenvalue weighted by Crippen LogP contribution is 2.19. The third-order valence-corrected chi connectivity index (χ3v) is 5.00. The van der Waals surface area contributed by atoms with E-state index in [0.29, 0.717) is 12.0 Å². The molecule has 7 heteroatoms. The van der Waals surface area contributed by atoms with Crippen molar-refractivity contribution in [2.24, 2.45) is 10.4 Å². The summed E-state index contributed by atoms with van der Waals surface area (Å²) in [5.74, 6) is 0.717. The Labute approximate surface area is 159 Å². The van der Waals surface area contributed by atoms with Gasteiger partial charge in [-0.1, -0.05) is 20.8 Å². The van der Waals surface area contributed by atoms with Crippen LogP contribution in [0.4, 0.5) is 0 Å². The SMILES string of the molecule is CCN1CCCC1CNC(=NCC(=O)N(C)C)NCC(C)(C)CCOC. The van der Waals surface area contributed by atoms with E-state index in [1.165, 1.54) is 19.4 Å². The Bertz CT molecular complexity index is 451. The molecule has 0 aromatic heterocycles. The number of carbonyl (C=O) groups is 1. The maximum atomic E-state index is 11.9. The summed E-state index contributed by atoms with van der Waals surface area (Å²) in [6.45, 7) is 11.4. The second-order valence-corrected chi connectivity index (χ2v) is 8.02. The summed E-state index contributed by atoms with van der Waals surface area (Å²) in [4.78, 5) is 20.4. The molecule has 1 saturated heterocycles. The molecule has 1 rings (SSSR count). The first-order chi connectivity index (χ1) is 12.3. The van der Waals surface area contributed by atoms with Gasteiger partial charge in [-0.25, -0.2) is 4.99 Å². The zero-order chi connectivity index (χ0) is 19.6. The number of hydrogen-bond acceptors (Lipinski definition) is 4. The van der Waals surface area contributed by atoms with Crippen LogP contribution in [0.5, 0.6) is 0 Å². The number of methoxy groups -OCH3 is 1. The van der Waals surface area contributed by atoms with Crippen LogP contribution in [0, 0.1) is 5.41 Å². The van der Waals surface area contributed by atoms with Crippen molar-refractivity contribution in [1.29, 1.82) is 0 Å². The molecule has 0 spiro atoms. The largest absolute Gasteiger partial charge is 0.385 e. The van der Waals surface area contributed by atoms with Crippen molar-refractivity contribution in [1.82, 2.24) is 20.4 Å². The summed E-state index contributed by atoms with van der Waals surface area (Å²) in [6, 6.07) is 0.540. The van der Waals surface area contributed by atoms with E-state index >= 15 is 0 Å². The molecular formula is C19H39N5O2.